The third-order valence-corrected chi connectivity index (χ3v) is 3.47. The fourth-order valence-electron chi connectivity index (χ4n) is 2.27. The number of rotatable bonds is 1. The minimum atomic E-state index is 0.217. The second-order valence-corrected chi connectivity index (χ2v) is 4.39. The number of aromatic hydroxyl groups is 1. The number of halogens is 1. The van der Waals surface area contributed by atoms with Crippen LogP contribution in [0.25, 0.3) is 0 Å². The van der Waals surface area contributed by atoms with Gasteiger partial charge in [-0.2, -0.15) is 0 Å². The van der Waals surface area contributed by atoms with Crippen LogP contribution in [0.3, 0.4) is 0 Å². The van der Waals surface area contributed by atoms with Gasteiger partial charge in [0.25, 0.3) is 0 Å². The number of benzene rings is 1. The number of phenolic OH excluding ortho intramolecular Hbond substituents is 1. The highest BCUT2D eigenvalue weighted by Gasteiger charge is 2.18. The molecule has 0 aliphatic heterocycles. The van der Waals surface area contributed by atoms with E-state index in [9.17, 15) is 5.11 Å². The maximum absolute atomic E-state index is 9.50. The molecule has 0 bridgehead atoms. The average molecular weight is 211 g/mol. The Kier molecular flexibility index (Phi) is 2.97. The smallest absolute Gasteiger partial charge is 0.134 e. The van der Waals surface area contributed by atoms with Crippen LogP contribution in [0.1, 0.15) is 43.6 Å². The van der Waals surface area contributed by atoms with Gasteiger partial charge in [0.2, 0.25) is 0 Å². The highest BCUT2D eigenvalue weighted by molar-refractivity contribution is 6.32. The van der Waals surface area contributed by atoms with Gasteiger partial charge in [0.15, 0.2) is 0 Å². The summed E-state index contributed by atoms with van der Waals surface area (Å²) in [4.78, 5) is 0. The first-order chi connectivity index (χ1) is 6.79. The minimum absolute atomic E-state index is 0.217. The third kappa shape index (κ3) is 1.88. The van der Waals surface area contributed by atoms with Crippen molar-refractivity contribution >= 4 is 11.6 Å². The second kappa shape index (κ2) is 4.22. The molecule has 1 aliphatic rings. The predicted octanol–water partition coefficient (Wildman–Crippen LogP) is 4.09. The summed E-state index contributed by atoms with van der Waals surface area (Å²) in [5.41, 5.74) is 1.13. The number of phenols is 1. The Bertz CT molecular complexity index is 316. The second-order valence-electron chi connectivity index (χ2n) is 4.02. The van der Waals surface area contributed by atoms with E-state index in [-0.39, 0.29) is 5.75 Å². The maximum atomic E-state index is 9.50. The number of hydrogen-bond donors (Lipinski definition) is 1. The zero-order valence-electron chi connectivity index (χ0n) is 8.17. The molecule has 0 unspecified atom stereocenters. The van der Waals surface area contributed by atoms with Crippen LogP contribution in [0.15, 0.2) is 18.2 Å². The Morgan fingerprint density at radius 3 is 2.57 bits per heavy atom. The Morgan fingerprint density at radius 2 is 1.86 bits per heavy atom. The third-order valence-electron chi connectivity index (χ3n) is 3.05. The van der Waals surface area contributed by atoms with Gasteiger partial charge in [-0.25, -0.2) is 0 Å². The van der Waals surface area contributed by atoms with Crippen molar-refractivity contribution in [3.8, 4) is 5.75 Å². The van der Waals surface area contributed by atoms with E-state index in [0.29, 0.717) is 10.9 Å². The highest BCUT2D eigenvalue weighted by Crippen LogP contribution is 2.39. The number of hydrogen-bond acceptors (Lipinski definition) is 1. The molecule has 0 aromatic heterocycles. The SMILES string of the molecule is Oc1cccc(C2CCCCC2)c1Cl. The molecule has 1 saturated carbocycles. The lowest BCUT2D eigenvalue weighted by Gasteiger charge is -2.23. The first kappa shape index (κ1) is 9.85. The van der Waals surface area contributed by atoms with Crippen LogP contribution in [0.2, 0.25) is 5.02 Å². The van der Waals surface area contributed by atoms with Gasteiger partial charge in [0.1, 0.15) is 5.75 Å². The summed E-state index contributed by atoms with van der Waals surface area (Å²) in [5, 5.41) is 10.1. The van der Waals surface area contributed by atoms with Crippen LogP contribution in [0.5, 0.6) is 5.75 Å². The highest BCUT2D eigenvalue weighted by atomic mass is 35.5. The van der Waals surface area contributed by atoms with Crippen LogP contribution in [-0.4, -0.2) is 5.11 Å². The van der Waals surface area contributed by atoms with Gasteiger partial charge in [-0.1, -0.05) is 43.0 Å². The first-order valence-corrected chi connectivity index (χ1v) is 5.64. The molecule has 2 rings (SSSR count). The first-order valence-electron chi connectivity index (χ1n) is 5.26. The summed E-state index contributed by atoms with van der Waals surface area (Å²) in [6.45, 7) is 0. The van der Waals surface area contributed by atoms with Crippen LogP contribution in [-0.2, 0) is 0 Å². The monoisotopic (exact) mass is 210 g/mol. The lowest BCUT2D eigenvalue weighted by molar-refractivity contribution is 0.438. The zero-order chi connectivity index (χ0) is 9.97. The van der Waals surface area contributed by atoms with E-state index in [1.165, 1.54) is 32.1 Å². The lowest BCUT2D eigenvalue weighted by Crippen LogP contribution is -2.04. The van der Waals surface area contributed by atoms with Crippen molar-refractivity contribution in [3.63, 3.8) is 0 Å². The molecule has 1 nitrogen and oxygen atoms in total. The van der Waals surface area contributed by atoms with Crippen LogP contribution < -0.4 is 0 Å². The molecule has 0 amide bonds. The molecule has 1 N–H and O–H groups in total. The van der Waals surface area contributed by atoms with Crippen LogP contribution in [0, 0.1) is 0 Å². The molecule has 0 saturated heterocycles. The average Bonchev–Trinajstić information content (AvgIpc) is 2.23. The van der Waals surface area contributed by atoms with Crippen LogP contribution in [0.4, 0.5) is 0 Å². The summed E-state index contributed by atoms with van der Waals surface area (Å²) in [7, 11) is 0. The van der Waals surface area contributed by atoms with E-state index in [2.05, 4.69) is 0 Å². The topological polar surface area (TPSA) is 20.2 Å². The summed E-state index contributed by atoms with van der Waals surface area (Å²) < 4.78 is 0. The molecule has 0 spiro atoms. The summed E-state index contributed by atoms with van der Waals surface area (Å²) >= 11 is 6.08. The Morgan fingerprint density at radius 1 is 1.14 bits per heavy atom. The van der Waals surface area contributed by atoms with Gasteiger partial charge >= 0.3 is 0 Å². The van der Waals surface area contributed by atoms with Crippen molar-refractivity contribution in [3.05, 3.63) is 28.8 Å². The van der Waals surface area contributed by atoms with E-state index in [1.54, 1.807) is 6.07 Å². The van der Waals surface area contributed by atoms with Crippen molar-refractivity contribution in [2.45, 2.75) is 38.0 Å². The minimum Gasteiger partial charge on any atom is -0.506 e. The van der Waals surface area contributed by atoms with Gasteiger partial charge in [-0.3, -0.25) is 0 Å². The molecule has 2 heteroatoms. The quantitative estimate of drug-likeness (QED) is 0.740. The van der Waals surface area contributed by atoms with E-state index < -0.39 is 0 Å². The molecule has 0 radical (unpaired) electrons. The van der Waals surface area contributed by atoms with Gasteiger partial charge in [0, 0.05) is 0 Å². The van der Waals surface area contributed by atoms with Gasteiger partial charge < -0.3 is 5.11 Å². The van der Waals surface area contributed by atoms with Crippen molar-refractivity contribution < 1.29 is 5.11 Å². The lowest BCUT2D eigenvalue weighted by atomic mass is 9.84. The predicted molar refractivity (Wildman–Crippen MR) is 58.9 cm³/mol. The molecular weight excluding hydrogens is 196 g/mol. The molecule has 1 aromatic rings. The Labute approximate surface area is 89.7 Å². The van der Waals surface area contributed by atoms with Gasteiger partial charge in [-0.05, 0) is 30.4 Å². The fraction of sp³-hybridized carbons (Fsp3) is 0.500. The fourth-order valence-corrected chi connectivity index (χ4v) is 2.55. The Hall–Kier alpha value is -0.690. The van der Waals surface area contributed by atoms with E-state index in [0.717, 1.165) is 5.56 Å². The van der Waals surface area contributed by atoms with Crippen molar-refractivity contribution in [1.82, 2.24) is 0 Å². The normalized spacial score (nSPS) is 18.4. The van der Waals surface area contributed by atoms with Crippen molar-refractivity contribution in [2.24, 2.45) is 0 Å². The van der Waals surface area contributed by atoms with E-state index >= 15 is 0 Å². The molecule has 0 heterocycles. The van der Waals surface area contributed by atoms with Crippen molar-refractivity contribution in [1.29, 1.82) is 0 Å². The summed E-state index contributed by atoms with van der Waals surface area (Å²) in [6, 6.07) is 5.57. The zero-order valence-corrected chi connectivity index (χ0v) is 8.93. The molecule has 1 fully saturated rings. The molecule has 76 valence electrons. The van der Waals surface area contributed by atoms with E-state index in [1.807, 2.05) is 12.1 Å². The molecule has 1 aliphatic carbocycles. The molecule has 14 heavy (non-hydrogen) atoms. The van der Waals surface area contributed by atoms with Crippen molar-refractivity contribution in [2.75, 3.05) is 0 Å². The Balaban J connectivity index is 2.26. The molecular formula is C12H15ClO. The molecule has 1 aromatic carbocycles. The molecule has 0 atom stereocenters. The summed E-state index contributed by atoms with van der Waals surface area (Å²) in [5.74, 6) is 0.776. The van der Waals surface area contributed by atoms with Crippen LogP contribution >= 0.6 is 11.6 Å². The standard InChI is InChI=1S/C12H15ClO/c13-12-10(7-4-8-11(12)14)9-5-2-1-3-6-9/h4,7-9,14H,1-3,5-6H2. The summed E-state index contributed by atoms with van der Waals surface area (Å²) in [6.07, 6.45) is 6.34. The largest absolute Gasteiger partial charge is 0.506 e. The maximum Gasteiger partial charge on any atom is 0.134 e. The van der Waals surface area contributed by atoms with E-state index in [4.69, 9.17) is 11.6 Å². The van der Waals surface area contributed by atoms with Gasteiger partial charge in [0.05, 0.1) is 5.02 Å². The van der Waals surface area contributed by atoms with Gasteiger partial charge in [-0.15, -0.1) is 0 Å².